The van der Waals surface area contributed by atoms with Gasteiger partial charge >= 0.3 is 0 Å². The Balaban J connectivity index is 2.25. The topological polar surface area (TPSA) is 42.7 Å². The van der Waals surface area contributed by atoms with Crippen LogP contribution in [-0.4, -0.2) is 27.9 Å². The third-order valence-corrected chi connectivity index (χ3v) is 3.62. The zero-order valence-corrected chi connectivity index (χ0v) is 12.8. The summed E-state index contributed by atoms with van der Waals surface area (Å²) in [6, 6.07) is 3.98. The van der Waals surface area contributed by atoms with E-state index in [1.54, 1.807) is 12.4 Å². The average Bonchev–Trinajstić information content (AvgIpc) is 2.75. The molecule has 0 radical (unpaired) electrons. The van der Waals surface area contributed by atoms with Crippen molar-refractivity contribution in [3.05, 3.63) is 41.5 Å². The Morgan fingerprint density at radius 3 is 2.60 bits per heavy atom. The molecule has 0 fully saturated rings. The number of hydrogen-bond donors (Lipinski definition) is 1. The molecule has 0 amide bonds. The fraction of sp³-hybridized carbons (Fsp3) is 0.500. The third-order valence-electron chi connectivity index (χ3n) is 3.62. The molecule has 0 saturated heterocycles. The minimum absolute atomic E-state index is 0.470. The lowest BCUT2D eigenvalue weighted by Gasteiger charge is -2.13. The summed E-state index contributed by atoms with van der Waals surface area (Å²) in [4.78, 5) is 4.06. The fourth-order valence-electron chi connectivity index (χ4n) is 2.70. The van der Waals surface area contributed by atoms with Crippen molar-refractivity contribution in [2.45, 2.75) is 40.0 Å². The van der Waals surface area contributed by atoms with Crippen LogP contribution in [0.5, 0.6) is 0 Å². The number of nitrogens with zero attached hydrogens (tertiary/aromatic N) is 3. The molecule has 2 heterocycles. The molecule has 0 aliphatic heterocycles. The van der Waals surface area contributed by atoms with Crippen LogP contribution in [0, 0.1) is 13.8 Å². The van der Waals surface area contributed by atoms with Crippen LogP contribution in [0.3, 0.4) is 0 Å². The molecule has 0 bridgehead atoms. The maximum Gasteiger partial charge on any atom is 0.0679 e. The first kappa shape index (κ1) is 14.7. The van der Waals surface area contributed by atoms with E-state index in [9.17, 15) is 0 Å². The van der Waals surface area contributed by atoms with Gasteiger partial charge in [-0.25, -0.2) is 4.68 Å². The highest BCUT2D eigenvalue weighted by molar-refractivity contribution is 5.37. The molecule has 108 valence electrons. The van der Waals surface area contributed by atoms with Gasteiger partial charge in [-0.2, -0.15) is 5.10 Å². The number of pyridine rings is 1. The first-order valence-electron chi connectivity index (χ1n) is 7.32. The molecule has 0 saturated carbocycles. The van der Waals surface area contributed by atoms with Gasteiger partial charge in [0.25, 0.3) is 0 Å². The van der Waals surface area contributed by atoms with E-state index in [2.05, 4.69) is 38.0 Å². The fourth-order valence-corrected chi connectivity index (χ4v) is 2.70. The molecule has 0 aliphatic carbocycles. The van der Waals surface area contributed by atoms with Crippen LogP contribution in [0.1, 0.15) is 43.1 Å². The Labute approximate surface area is 121 Å². The maximum absolute atomic E-state index is 4.69. The molecule has 1 N–H and O–H groups in total. The summed E-state index contributed by atoms with van der Waals surface area (Å²) in [5.41, 5.74) is 4.76. The normalized spacial score (nSPS) is 12.6. The van der Waals surface area contributed by atoms with Gasteiger partial charge in [-0.15, -0.1) is 0 Å². The van der Waals surface area contributed by atoms with Crippen molar-refractivity contribution in [3.8, 4) is 5.69 Å². The van der Waals surface area contributed by atoms with Crippen molar-refractivity contribution >= 4 is 0 Å². The predicted octanol–water partition coefficient (Wildman–Crippen LogP) is 2.99. The highest BCUT2D eigenvalue weighted by atomic mass is 15.3. The molecular weight excluding hydrogens is 248 g/mol. The first-order chi connectivity index (χ1) is 9.65. The second-order valence-corrected chi connectivity index (χ2v) is 5.31. The van der Waals surface area contributed by atoms with Crippen molar-refractivity contribution in [3.63, 3.8) is 0 Å². The Hall–Kier alpha value is -1.68. The van der Waals surface area contributed by atoms with Crippen molar-refractivity contribution in [2.24, 2.45) is 0 Å². The van der Waals surface area contributed by atoms with Gasteiger partial charge in [0, 0.05) is 30.2 Å². The van der Waals surface area contributed by atoms with Crippen molar-refractivity contribution in [1.82, 2.24) is 20.1 Å². The SMILES string of the molecule is CCCNCC(C)c1c(C)nn(-c2ccncc2)c1C. The number of aryl methyl sites for hydroxylation is 1. The average molecular weight is 272 g/mol. The summed E-state index contributed by atoms with van der Waals surface area (Å²) < 4.78 is 2.02. The lowest BCUT2D eigenvalue weighted by molar-refractivity contribution is 0.605. The molecule has 4 heteroatoms. The van der Waals surface area contributed by atoms with Crippen LogP contribution in [0.15, 0.2) is 24.5 Å². The molecule has 2 aromatic rings. The van der Waals surface area contributed by atoms with Crippen LogP contribution in [0.25, 0.3) is 5.69 Å². The molecule has 0 aromatic carbocycles. The Bertz CT molecular complexity index is 545. The van der Waals surface area contributed by atoms with E-state index in [-0.39, 0.29) is 0 Å². The minimum atomic E-state index is 0.470. The lowest BCUT2D eigenvalue weighted by atomic mass is 9.99. The van der Waals surface area contributed by atoms with Gasteiger partial charge in [0.15, 0.2) is 0 Å². The van der Waals surface area contributed by atoms with Gasteiger partial charge in [0.1, 0.15) is 0 Å². The van der Waals surface area contributed by atoms with Crippen molar-refractivity contribution < 1.29 is 0 Å². The molecule has 1 atom stereocenters. The smallest absolute Gasteiger partial charge is 0.0679 e. The van der Waals surface area contributed by atoms with Crippen LogP contribution < -0.4 is 5.32 Å². The lowest BCUT2D eigenvalue weighted by Crippen LogP contribution is -2.21. The Morgan fingerprint density at radius 2 is 1.95 bits per heavy atom. The molecule has 0 aliphatic rings. The minimum Gasteiger partial charge on any atom is -0.316 e. The van der Waals surface area contributed by atoms with Gasteiger partial charge in [-0.1, -0.05) is 13.8 Å². The molecule has 2 rings (SSSR count). The molecular formula is C16H24N4. The molecule has 0 spiro atoms. The Kier molecular flexibility index (Phi) is 4.90. The molecule has 1 unspecified atom stereocenters. The second-order valence-electron chi connectivity index (χ2n) is 5.31. The summed E-state index contributed by atoms with van der Waals surface area (Å²) in [5.74, 6) is 0.470. The number of rotatable bonds is 6. The Morgan fingerprint density at radius 1 is 1.25 bits per heavy atom. The van der Waals surface area contributed by atoms with E-state index in [1.165, 1.54) is 17.7 Å². The standard InChI is InChI=1S/C16H24N4/c1-5-8-18-11-12(2)16-13(3)19-20(14(16)4)15-6-9-17-10-7-15/h6-7,9-10,12,18H,5,8,11H2,1-4H3. The number of aromatic nitrogens is 3. The summed E-state index contributed by atoms with van der Waals surface area (Å²) in [6.07, 6.45) is 4.77. The number of nitrogens with one attached hydrogen (secondary N) is 1. The van der Waals surface area contributed by atoms with Crippen molar-refractivity contribution in [2.75, 3.05) is 13.1 Å². The van der Waals surface area contributed by atoms with Gasteiger partial charge in [0.05, 0.1) is 11.4 Å². The maximum atomic E-state index is 4.69. The van der Waals surface area contributed by atoms with Crippen molar-refractivity contribution in [1.29, 1.82) is 0 Å². The van der Waals surface area contributed by atoms with E-state index in [1.807, 2.05) is 16.8 Å². The molecule has 20 heavy (non-hydrogen) atoms. The largest absolute Gasteiger partial charge is 0.316 e. The van der Waals surface area contributed by atoms with Gasteiger partial charge < -0.3 is 5.32 Å². The van der Waals surface area contributed by atoms with E-state index >= 15 is 0 Å². The zero-order chi connectivity index (χ0) is 14.5. The van der Waals surface area contributed by atoms with E-state index in [4.69, 9.17) is 5.10 Å². The zero-order valence-electron chi connectivity index (χ0n) is 12.8. The first-order valence-corrected chi connectivity index (χ1v) is 7.32. The van der Waals surface area contributed by atoms with E-state index in [0.29, 0.717) is 5.92 Å². The predicted molar refractivity (Wildman–Crippen MR) is 82.4 cm³/mol. The van der Waals surface area contributed by atoms with Gasteiger partial charge in [-0.05, 0) is 44.9 Å². The van der Waals surface area contributed by atoms with Crippen LogP contribution >= 0.6 is 0 Å². The van der Waals surface area contributed by atoms with Crippen LogP contribution in [0.2, 0.25) is 0 Å². The van der Waals surface area contributed by atoms with E-state index < -0.39 is 0 Å². The van der Waals surface area contributed by atoms with E-state index in [0.717, 1.165) is 24.5 Å². The van der Waals surface area contributed by atoms with Crippen LogP contribution in [0.4, 0.5) is 0 Å². The third kappa shape index (κ3) is 3.07. The summed E-state index contributed by atoms with van der Waals surface area (Å²) in [5, 5.41) is 8.18. The van der Waals surface area contributed by atoms with Gasteiger partial charge in [-0.3, -0.25) is 4.98 Å². The number of hydrogen-bond acceptors (Lipinski definition) is 3. The van der Waals surface area contributed by atoms with Crippen LogP contribution in [-0.2, 0) is 0 Å². The highest BCUT2D eigenvalue weighted by Gasteiger charge is 2.17. The molecule has 4 nitrogen and oxygen atoms in total. The monoisotopic (exact) mass is 272 g/mol. The molecule has 2 aromatic heterocycles. The summed E-state index contributed by atoms with van der Waals surface area (Å²) in [6.45, 7) is 10.8. The summed E-state index contributed by atoms with van der Waals surface area (Å²) >= 11 is 0. The second kappa shape index (κ2) is 6.66. The summed E-state index contributed by atoms with van der Waals surface area (Å²) in [7, 11) is 0. The highest BCUT2D eigenvalue weighted by Crippen LogP contribution is 2.24. The van der Waals surface area contributed by atoms with Gasteiger partial charge in [0.2, 0.25) is 0 Å². The quantitative estimate of drug-likeness (QED) is 0.822.